The van der Waals surface area contributed by atoms with Crippen LogP contribution in [-0.4, -0.2) is 11.7 Å². The first-order chi connectivity index (χ1) is 9.24. The maximum Gasteiger partial charge on any atom is 0.230 e. The zero-order chi connectivity index (χ0) is 13.5. The van der Waals surface area contributed by atoms with Gasteiger partial charge >= 0.3 is 0 Å². The fourth-order valence-corrected chi connectivity index (χ4v) is 2.31. The smallest absolute Gasteiger partial charge is 0.230 e. The number of benzene rings is 2. The number of nitrogens with one attached hydrogen (secondary N) is 1. The van der Waals surface area contributed by atoms with Crippen LogP contribution in [0, 0.1) is 5.82 Å². The molecule has 0 heterocycles. The van der Waals surface area contributed by atoms with Crippen LogP contribution in [0.5, 0.6) is 0 Å². The quantitative estimate of drug-likeness (QED) is 0.849. The van der Waals surface area contributed by atoms with Crippen LogP contribution >= 0.6 is 11.8 Å². The van der Waals surface area contributed by atoms with Gasteiger partial charge in [0.1, 0.15) is 5.82 Å². The molecule has 2 rings (SSSR count). The van der Waals surface area contributed by atoms with Crippen molar-refractivity contribution in [3.05, 3.63) is 66.0 Å². The van der Waals surface area contributed by atoms with Gasteiger partial charge in [0.05, 0.1) is 5.75 Å². The molecule has 2 aromatic carbocycles. The molecule has 2 nitrogen and oxygen atoms in total. The van der Waals surface area contributed by atoms with Gasteiger partial charge in [-0.1, -0.05) is 30.3 Å². The van der Waals surface area contributed by atoms with E-state index in [-0.39, 0.29) is 11.7 Å². The predicted octanol–water partition coefficient (Wildman–Crippen LogP) is 3.23. The number of hydrogen-bond acceptors (Lipinski definition) is 2. The van der Waals surface area contributed by atoms with Crippen LogP contribution in [0.3, 0.4) is 0 Å². The van der Waals surface area contributed by atoms with E-state index in [1.54, 1.807) is 12.1 Å². The number of carbonyl (C=O) groups excluding carboxylic acids is 1. The van der Waals surface area contributed by atoms with E-state index < -0.39 is 0 Å². The maximum atomic E-state index is 12.9. The lowest BCUT2D eigenvalue weighted by atomic mass is 10.2. The molecule has 19 heavy (non-hydrogen) atoms. The van der Waals surface area contributed by atoms with E-state index in [1.165, 1.54) is 23.9 Å². The summed E-state index contributed by atoms with van der Waals surface area (Å²) >= 11 is 1.48. The topological polar surface area (TPSA) is 29.1 Å². The summed E-state index contributed by atoms with van der Waals surface area (Å²) in [5.41, 5.74) is 0.762. The molecule has 1 amide bonds. The molecular formula is C15H14FNOS. The van der Waals surface area contributed by atoms with Crippen molar-refractivity contribution in [2.24, 2.45) is 0 Å². The molecule has 0 bridgehead atoms. The lowest BCUT2D eigenvalue weighted by molar-refractivity contribution is -0.118. The monoisotopic (exact) mass is 275 g/mol. The van der Waals surface area contributed by atoms with Gasteiger partial charge in [-0.2, -0.15) is 0 Å². The minimum Gasteiger partial charge on any atom is -0.351 e. The highest BCUT2D eigenvalue weighted by Crippen LogP contribution is 2.16. The number of halogens is 1. The largest absolute Gasteiger partial charge is 0.351 e. The van der Waals surface area contributed by atoms with E-state index in [9.17, 15) is 9.18 Å². The molecule has 0 fully saturated rings. The van der Waals surface area contributed by atoms with E-state index in [0.29, 0.717) is 12.3 Å². The molecule has 0 unspecified atom stereocenters. The van der Waals surface area contributed by atoms with Gasteiger partial charge in [-0.05, 0) is 29.8 Å². The fourth-order valence-electron chi connectivity index (χ4n) is 1.56. The minimum absolute atomic E-state index is 0.0573. The summed E-state index contributed by atoms with van der Waals surface area (Å²) in [6.07, 6.45) is 0. The molecule has 0 aliphatic carbocycles. The lowest BCUT2D eigenvalue weighted by Gasteiger charge is -2.05. The number of rotatable bonds is 5. The average Bonchev–Trinajstić information content (AvgIpc) is 2.44. The van der Waals surface area contributed by atoms with Crippen molar-refractivity contribution in [1.82, 2.24) is 5.32 Å². The van der Waals surface area contributed by atoms with Crippen LogP contribution in [0.2, 0.25) is 0 Å². The van der Waals surface area contributed by atoms with Gasteiger partial charge in [-0.3, -0.25) is 4.79 Å². The molecule has 0 aliphatic heterocycles. The lowest BCUT2D eigenvalue weighted by Crippen LogP contribution is -2.24. The van der Waals surface area contributed by atoms with Crippen LogP contribution in [0.1, 0.15) is 5.56 Å². The number of amides is 1. The molecule has 0 spiro atoms. The second-order valence-electron chi connectivity index (χ2n) is 4.01. The van der Waals surface area contributed by atoms with Gasteiger partial charge < -0.3 is 5.32 Å². The average molecular weight is 275 g/mol. The molecule has 0 saturated carbocycles. The Hall–Kier alpha value is -1.81. The third-order valence-electron chi connectivity index (χ3n) is 2.49. The van der Waals surface area contributed by atoms with Crippen molar-refractivity contribution in [3.8, 4) is 0 Å². The maximum absolute atomic E-state index is 12.9. The Bertz CT molecular complexity index is 545. The predicted molar refractivity (Wildman–Crippen MR) is 75.4 cm³/mol. The van der Waals surface area contributed by atoms with Gasteiger partial charge in [0.2, 0.25) is 5.91 Å². The molecular weight excluding hydrogens is 261 g/mol. The summed E-state index contributed by atoms with van der Waals surface area (Å²) in [5.74, 6) is 0.0165. The summed E-state index contributed by atoms with van der Waals surface area (Å²) in [6, 6.07) is 16.0. The van der Waals surface area contributed by atoms with E-state index >= 15 is 0 Å². The molecule has 0 saturated heterocycles. The molecule has 2 aromatic rings. The van der Waals surface area contributed by atoms with Gasteiger partial charge in [0.25, 0.3) is 0 Å². The van der Waals surface area contributed by atoms with E-state index in [2.05, 4.69) is 5.32 Å². The SMILES string of the molecule is O=C(CSc1ccccc1)NCc1cccc(F)c1. The van der Waals surface area contributed by atoms with Crippen LogP contribution in [0.4, 0.5) is 4.39 Å². The van der Waals surface area contributed by atoms with Crippen molar-refractivity contribution < 1.29 is 9.18 Å². The van der Waals surface area contributed by atoms with Crippen LogP contribution in [0.25, 0.3) is 0 Å². The zero-order valence-electron chi connectivity index (χ0n) is 10.3. The zero-order valence-corrected chi connectivity index (χ0v) is 11.1. The molecule has 0 aliphatic rings. The van der Waals surface area contributed by atoms with Crippen LogP contribution in [-0.2, 0) is 11.3 Å². The first-order valence-corrected chi connectivity index (χ1v) is 6.91. The Morgan fingerprint density at radius 1 is 1.11 bits per heavy atom. The van der Waals surface area contributed by atoms with E-state index in [0.717, 1.165) is 10.5 Å². The number of thioether (sulfide) groups is 1. The molecule has 1 N–H and O–H groups in total. The third-order valence-corrected chi connectivity index (χ3v) is 3.50. The molecule has 0 aromatic heterocycles. The second kappa shape index (κ2) is 6.95. The van der Waals surface area contributed by atoms with Gasteiger partial charge in [-0.15, -0.1) is 11.8 Å². The molecule has 4 heteroatoms. The first-order valence-electron chi connectivity index (χ1n) is 5.93. The summed E-state index contributed by atoms with van der Waals surface area (Å²) < 4.78 is 12.9. The highest BCUT2D eigenvalue weighted by atomic mass is 32.2. The van der Waals surface area contributed by atoms with Crippen molar-refractivity contribution in [2.45, 2.75) is 11.4 Å². The highest BCUT2D eigenvalue weighted by Gasteiger charge is 2.03. The van der Waals surface area contributed by atoms with Crippen LogP contribution < -0.4 is 5.32 Å². The van der Waals surface area contributed by atoms with Gasteiger partial charge in [0.15, 0.2) is 0 Å². The highest BCUT2D eigenvalue weighted by molar-refractivity contribution is 8.00. The molecule has 98 valence electrons. The fraction of sp³-hybridized carbons (Fsp3) is 0.133. The summed E-state index contributed by atoms with van der Waals surface area (Å²) in [7, 11) is 0. The van der Waals surface area contributed by atoms with Crippen LogP contribution in [0.15, 0.2) is 59.5 Å². The number of carbonyl (C=O) groups is 1. The summed E-state index contributed by atoms with van der Waals surface area (Å²) in [5, 5.41) is 2.77. The van der Waals surface area contributed by atoms with E-state index in [4.69, 9.17) is 0 Å². The Morgan fingerprint density at radius 3 is 2.63 bits per heavy atom. The first kappa shape index (κ1) is 13.6. The standard InChI is InChI=1S/C15H14FNOS/c16-13-6-4-5-12(9-13)10-17-15(18)11-19-14-7-2-1-3-8-14/h1-9H,10-11H2,(H,17,18). The Kier molecular flexibility index (Phi) is 4.98. The van der Waals surface area contributed by atoms with E-state index in [1.807, 2.05) is 30.3 Å². The second-order valence-corrected chi connectivity index (χ2v) is 5.06. The van der Waals surface area contributed by atoms with Gasteiger partial charge in [0, 0.05) is 11.4 Å². The summed E-state index contributed by atoms with van der Waals surface area (Å²) in [6.45, 7) is 0.353. The minimum atomic E-state index is -0.287. The van der Waals surface area contributed by atoms with Gasteiger partial charge in [-0.25, -0.2) is 4.39 Å². The van der Waals surface area contributed by atoms with Crippen molar-refractivity contribution >= 4 is 17.7 Å². The van der Waals surface area contributed by atoms with Crippen molar-refractivity contribution in [1.29, 1.82) is 0 Å². The number of hydrogen-bond donors (Lipinski definition) is 1. The normalized spacial score (nSPS) is 10.2. The third kappa shape index (κ3) is 4.75. The Labute approximate surface area is 116 Å². The van der Waals surface area contributed by atoms with Crippen molar-refractivity contribution in [2.75, 3.05) is 5.75 Å². The van der Waals surface area contributed by atoms with Crippen molar-refractivity contribution in [3.63, 3.8) is 0 Å². The Morgan fingerprint density at radius 2 is 1.89 bits per heavy atom. The molecule has 0 atom stereocenters. The molecule has 0 radical (unpaired) electrons. The summed E-state index contributed by atoms with van der Waals surface area (Å²) in [4.78, 5) is 12.7. The Balaban J connectivity index is 1.76.